The fourth-order valence-electron chi connectivity index (χ4n) is 1.73. The zero-order chi connectivity index (χ0) is 14.8. The highest BCUT2D eigenvalue weighted by Gasteiger charge is 2.08. The molecule has 0 fully saturated rings. The molecule has 20 heavy (non-hydrogen) atoms. The Kier molecular flexibility index (Phi) is 7.69. The largest absolute Gasteiger partial charge is 0.394 e. The Morgan fingerprint density at radius 2 is 2.00 bits per heavy atom. The number of rotatable bonds is 8. The molecule has 1 unspecified atom stereocenters. The Labute approximate surface area is 120 Å². The monoisotopic (exact) mass is 280 g/mol. The summed E-state index contributed by atoms with van der Waals surface area (Å²) in [6.07, 6.45) is 0.729. The lowest BCUT2D eigenvalue weighted by Crippen LogP contribution is -2.37. The Morgan fingerprint density at radius 3 is 2.65 bits per heavy atom. The number of aliphatic hydroxyl groups is 1. The normalized spacial score (nSPS) is 11.9. The van der Waals surface area contributed by atoms with Gasteiger partial charge in [0.2, 0.25) is 0 Å². The van der Waals surface area contributed by atoms with E-state index in [1.165, 1.54) is 5.56 Å². The molecule has 1 rings (SSSR count). The number of carbonyl (C=O) groups excluding carboxylic acids is 1. The van der Waals surface area contributed by atoms with E-state index < -0.39 is 0 Å². The minimum Gasteiger partial charge on any atom is -0.394 e. The van der Waals surface area contributed by atoms with Gasteiger partial charge in [-0.1, -0.05) is 29.8 Å². The summed E-state index contributed by atoms with van der Waals surface area (Å²) >= 11 is 0. The van der Waals surface area contributed by atoms with E-state index in [-0.39, 0.29) is 18.7 Å². The zero-order valence-electron chi connectivity index (χ0n) is 12.2. The molecule has 3 N–H and O–H groups in total. The highest BCUT2D eigenvalue weighted by Crippen LogP contribution is 2.12. The van der Waals surface area contributed by atoms with Gasteiger partial charge in [0.25, 0.3) is 0 Å². The van der Waals surface area contributed by atoms with E-state index in [4.69, 9.17) is 9.84 Å². The standard InChI is InChI=1S/C15H24N2O3/c1-12-4-6-14(7-5-12)13(2)17-15(19)16-8-3-10-20-11-9-18/h4-7,13,18H,3,8-11H2,1-2H3,(H2,16,17,19). The third-order valence-electron chi connectivity index (χ3n) is 2.91. The molecule has 0 radical (unpaired) electrons. The minimum atomic E-state index is -0.180. The number of aliphatic hydroxyl groups excluding tert-OH is 1. The number of hydrogen-bond acceptors (Lipinski definition) is 3. The van der Waals surface area contributed by atoms with Gasteiger partial charge in [-0.05, 0) is 25.8 Å². The second kappa shape index (κ2) is 9.34. The first-order valence-electron chi connectivity index (χ1n) is 6.93. The van der Waals surface area contributed by atoms with Crippen molar-refractivity contribution in [3.05, 3.63) is 35.4 Å². The van der Waals surface area contributed by atoms with Gasteiger partial charge in [0.15, 0.2) is 0 Å². The minimum absolute atomic E-state index is 0.0266. The Balaban J connectivity index is 2.19. The second-order valence-electron chi connectivity index (χ2n) is 4.72. The van der Waals surface area contributed by atoms with Crippen molar-refractivity contribution in [2.24, 2.45) is 0 Å². The fourth-order valence-corrected chi connectivity index (χ4v) is 1.73. The van der Waals surface area contributed by atoms with Crippen molar-refractivity contribution in [3.63, 3.8) is 0 Å². The van der Waals surface area contributed by atoms with Gasteiger partial charge >= 0.3 is 6.03 Å². The third kappa shape index (κ3) is 6.54. The summed E-state index contributed by atoms with van der Waals surface area (Å²) in [6, 6.07) is 7.89. The van der Waals surface area contributed by atoms with E-state index >= 15 is 0 Å². The summed E-state index contributed by atoms with van der Waals surface area (Å²) in [5.41, 5.74) is 2.28. The van der Waals surface area contributed by atoms with E-state index in [1.807, 2.05) is 38.1 Å². The molecular weight excluding hydrogens is 256 g/mol. The number of amides is 2. The first-order chi connectivity index (χ1) is 9.63. The molecule has 0 saturated carbocycles. The summed E-state index contributed by atoms with van der Waals surface area (Å²) in [5, 5.41) is 14.2. The zero-order valence-corrected chi connectivity index (χ0v) is 12.2. The van der Waals surface area contributed by atoms with Crippen molar-refractivity contribution in [3.8, 4) is 0 Å². The number of aryl methyl sites for hydroxylation is 1. The van der Waals surface area contributed by atoms with Crippen LogP contribution in [0, 0.1) is 6.92 Å². The van der Waals surface area contributed by atoms with Crippen molar-refractivity contribution < 1.29 is 14.6 Å². The number of hydrogen-bond donors (Lipinski definition) is 3. The lowest BCUT2D eigenvalue weighted by atomic mass is 10.1. The molecule has 1 aromatic rings. The van der Waals surface area contributed by atoms with E-state index in [1.54, 1.807) is 0 Å². The van der Waals surface area contributed by atoms with Crippen LogP contribution < -0.4 is 10.6 Å². The number of urea groups is 1. The Morgan fingerprint density at radius 1 is 1.30 bits per heavy atom. The van der Waals surface area contributed by atoms with E-state index in [2.05, 4.69) is 10.6 Å². The molecule has 5 heteroatoms. The van der Waals surface area contributed by atoms with Crippen LogP contribution in [0.25, 0.3) is 0 Å². The average molecular weight is 280 g/mol. The molecule has 0 aliphatic carbocycles. The van der Waals surface area contributed by atoms with E-state index in [0.717, 1.165) is 12.0 Å². The Bertz CT molecular complexity index is 393. The summed E-state index contributed by atoms with van der Waals surface area (Å²) in [6.45, 7) is 5.45. The fraction of sp³-hybridized carbons (Fsp3) is 0.533. The van der Waals surface area contributed by atoms with Gasteiger partial charge in [0, 0.05) is 13.2 Å². The van der Waals surface area contributed by atoms with Crippen LogP contribution in [-0.4, -0.2) is 37.5 Å². The molecular formula is C15H24N2O3. The van der Waals surface area contributed by atoms with Gasteiger partial charge in [-0.3, -0.25) is 0 Å². The second-order valence-corrected chi connectivity index (χ2v) is 4.72. The van der Waals surface area contributed by atoms with Gasteiger partial charge in [-0.25, -0.2) is 4.79 Å². The molecule has 0 spiro atoms. The molecule has 1 atom stereocenters. The average Bonchev–Trinajstić information content (AvgIpc) is 2.43. The molecule has 2 amide bonds. The molecule has 0 heterocycles. The molecule has 0 aliphatic heterocycles. The molecule has 0 aliphatic rings. The lowest BCUT2D eigenvalue weighted by molar-refractivity contribution is 0.0909. The lowest BCUT2D eigenvalue weighted by Gasteiger charge is -2.15. The van der Waals surface area contributed by atoms with Crippen LogP contribution >= 0.6 is 0 Å². The van der Waals surface area contributed by atoms with Crippen LogP contribution in [0.5, 0.6) is 0 Å². The van der Waals surface area contributed by atoms with Gasteiger partial charge in [0.1, 0.15) is 0 Å². The topological polar surface area (TPSA) is 70.6 Å². The van der Waals surface area contributed by atoms with E-state index in [0.29, 0.717) is 19.8 Å². The number of carbonyl (C=O) groups is 1. The Hall–Kier alpha value is -1.59. The van der Waals surface area contributed by atoms with Gasteiger partial charge in [-0.2, -0.15) is 0 Å². The van der Waals surface area contributed by atoms with Crippen LogP contribution in [0.2, 0.25) is 0 Å². The maximum atomic E-state index is 11.7. The quantitative estimate of drug-likeness (QED) is 0.635. The SMILES string of the molecule is Cc1ccc(C(C)NC(=O)NCCCOCCO)cc1. The summed E-state index contributed by atoms with van der Waals surface area (Å²) in [7, 11) is 0. The van der Waals surface area contributed by atoms with Gasteiger partial charge in [-0.15, -0.1) is 0 Å². The predicted molar refractivity (Wildman–Crippen MR) is 78.7 cm³/mol. The van der Waals surface area contributed by atoms with Crippen molar-refractivity contribution in [2.75, 3.05) is 26.4 Å². The van der Waals surface area contributed by atoms with Crippen LogP contribution in [0.1, 0.15) is 30.5 Å². The highest BCUT2D eigenvalue weighted by molar-refractivity contribution is 5.74. The number of nitrogens with one attached hydrogen (secondary N) is 2. The van der Waals surface area contributed by atoms with Gasteiger partial charge in [0.05, 0.1) is 19.3 Å². The van der Waals surface area contributed by atoms with Crippen LogP contribution in [0.15, 0.2) is 24.3 Å². The maximum absolute atomic E-state index is 11.7. The predicted octanol–water partition coefficient (Wildman–Crippen LogP) is 1.75. The first-order valence-corrected chi connectivity index (χ1v) is 6.93. The smallest absolute Gasteiger partial charge is 0.315 e. The summed E-state index contributed by atoms with van der Waals surface area (Å²) < 4.78 is 5.10. The molecule has 1 aromatic carbocycles. The molecule has 5 nitrogen and oxygen atoms in total. The van der Waals surface area contributed by atoms with Crippen LogP contribution in [-0.2, 0) is 4.74 Å². The molecule has 0 saturated heterocycles. The van der Waals surface area contributed by atoms with E-state index in [9.17, 15) is 4.79 Å². The summed E-state index contributed by atoms with van der Waals surface area (Å²) in [5.74, 6) is 0. The van der Waals surface area contributed by atoms with Crippen molar-refractivity contribution in [2.45, 2.75) is 26.3 Å². The molecule has 0 bridgehead atoms. The summed E-state index contributed by atoms with van der Waals surface area (Å²) in [4.78, 5) is 11.7. The maximum Gasteiger partial charge on any atom is 0.315 e. The number of benzene rings is 1. The van der Waals surface area contributed by atoms with Crippen molar-refractivity contribution >= 4 is 6.03 Å². The molecule has 0 aromatic heterocycles. The third-order valence-corrected chi connectivity index (χ3v) is 2.91. The highest BCUT2D eigenvalue weighted by atomic mass is 16.5. The van der Waals surface area contributed by atoms with Gasteiger partial charge < -0.3 is 20.5 Å². The van der Waals surface area contributed by atoms with Crippen molar-refractivity contribution in [1.82, 2.24) is 10.6 Å². The van der Waals surface area contributed by atoms with Crippen LogP contribution in [0.3, 0.4) is 0 Å². The van der Waals surface area contributed by atoms with Crippen molar-refractivity contribution in [1.29, 1.82) is 0 Å². The first kappa shape index (κ1) is 16.5. The molecule has 112 valence electrons. The number of ether oxygens (including phenoxy) is 1. The van der Waals surface area contributed by atoms with Crippen LogP contribution in [0.4, 0.5) is 4.79 Å².